The number of carbonyl (C=O) groups is 1. The van der Waals surface area contributed by atoms with Crippen LogP contribution in [0.5, 0.6) is 5.75 Å². The molecule has 0 unspecified atom stereocenters. The first-order chi connectivity index (χ1) is 9.17. The fraction of sp³-hybridized carbons (Fsp3) is 0.429. The van der Waals surface area contributed by atoms with Crippen LogP contribution in [0.3, 0.4) is 0 Å². The molecule has 0 fully saturated rings. The van der Waals surface area contributed by atoms with Gasteiger partial charge in [-0.25, -0.2) is 0 Å². The summed E-state index contributed by atoms with van der Waals surface area (Å²) < 4.78 is 5.47. The van der Waals surface area contributed by atoms with E-state index in [2.05, 4.69) is 5.32 Å². The fourth-order valence-corrected chi connectivity index (χ4v) is 1.66. The molecule has 0 aliphatic carbocycles. The molecule has 4 nitrogen and oxygen atoms in total. The van der Waals surface area contributed by atoms with Crippen molar-refractivity contribution in [1.82, 2.24) is 5.32 Å². The van der Waals surface area contributed by atoms with Crippen molar-refractivity contribution in [3.63, 3.8) is 0 Å². The van der Waals surface area contributed by atoms with Crippen LogP contribution in [0.1, 0.15) is 26.2 Å². The molecule has 1 amide bonds. The van der Waals surface area contributed by atoms with Crippen molar-refractivity contribution >= 4 is 17.5 Å². The van der Waals surface area contributed by atoms with Gasteiger partial charge in [0.05, 0.1) is 17.7 Å². The van der Waals surface area contributed by atoms with Crippen LogP contribution in [-0.4, -0.2) is 18.6 Å². The molecule has 1 N–H and O–H groups in total. The summed E-state index contributed by atoms with van der Waals surface area (Å²) in [5.74, 6) is 0.490. The van der Waals surface area contributed by atoms with E-state index in [0.29, 0.717) is 36.6 Å². The predicted octanol–water partition coefficient (Wildman–Crippen LogP) is 2.92. The van der Waals surface area contributed by atoms with Crippen molar-refractivity contribution in [2.75, 3.05) is 6.61 Å². The van der Waals surface area contributed by atoms with E-state index in [1.807, 2.05) is 25.1 Å². The van der Waals surface area contributed by atoms with Gasteiger partial charge in [-0.05, 0) is 25.0 Å². The summed E-state index contributed by atoms with van der Waals surface area (Å²) in [6.45, 7) is 2.27. The van der Waals surface area contributed by atoms with E-state index in [-0.39, 0.29) is 5.91 Å². The van der Waals surface area contributed by atoms with Crippen molar-refractivity contribution in [1.29, 1.82) is 5.26 Å². The lowest BCUT2D eigenvalue weighted by atomic mass is 10.2. The lowest BCUT2D eigenvalue weighted by Gasteiger charge is -2.10. The number of nitrogens with zero attached hydrogens (tertiary/aromatic N) is 1. The van der Waals surface area contributed by atoms with Crippen LogP contribution < -0.4 is 10.1 Å². The van der Waals surface area contributed by atoms with Crippen LogP contribution in [0.15, 0.2) is 24.3 Å². The number of para-hydroxylation sites is 1. The Hall–Kier alpha value is -1.73. The maximum absolute atomic E-state index is 11.5. The average molecular weight is 281 g/mol. The number of ether oxygens (including phenoxy) is 1. The highest BCUT2D eigenvalue weighted by Gasteiger charge is 2.08. The number of benzene rings is 1. The number of nitrogens with one attached hydrogen (secondary N) is 1. The van der Waals surface area contributed by atoms with Gasteiger partial charge < -0.3 is 10.1 Å². The second kappa shape index (κ2) is 8.39. The Balaban J connectivity index is 2.23. The summed E-state index contributed by atoms with van der Waals surface area (Å²) in [6, 6.07) is 8.82. The first-order valence-corrected chi connectivity index (χ1v) is 6.61. The summed E-state index contributed by atoms with van der Waals surface area (Å²) in [5, 5.41) is 11.9. The molecule has 0 saturated heterocycles. The molecular formula is C14H17ClN2O2. The van der Waals surface area contributed by atoms with Gasteiger partial charge in [-0.3, -0.25) is 4.79 Å². The zero-order valence-electron chi connectivity index (χ0n) is 10.9. The summed E-state index contributed by atoms with van der Waals surface area (Å²) >= 11 is 5.93. The zero-order valence-corrected chi connectivity index (χ0v) is 11.6. The molecule has 0 radical (unpaired) electrons. The highest BCUT2D eigenvalue weighted by atomic mass is 35.5. The van der Waals surface area contributed by atoms with Crippen molar-refractivity contribution in [3.8, 4) is 11.8 Å². The van der Waals surface area contributed by atoms with E-state index in [1.165, 1.54) is 0 Å². The van der Waals surface area contributed by atoms with Crippen LogP contribution >= 0.6 is 11.6 Å². The molecule has 1 atom stereocenters. The molecule has 1 aromatic rings. The minimum absolute atomic E-state index is 0.129. The molecule has 0 saturated carbocycles. The van der Waals surface area contributed by atoms with Gasteiger partial charge in [-0.1, -0.05) is 30.7 Å². The first kappa shape index (κ1) is 15.3. The number of hydrogen-bond donors (Lipinski definition) is 1. The fourth-order valence-electron chi connectivity index (χ4n) is 1.47. The minimum atomic E-state index is -0.406. The molecular weight excluding hydrogens is 264 g/mol. The summed E-state index contributed by atoms with van der Waals surface area (Å²) in [5.41, 5.74) is 0. The van der Waals surface area contributed by atoms with E-state index in [4.69, 9.17) is 21.6 Å². The third kappa shape index (κ3) is 5.62. The van der Waals surface area contributed by atoms with Crippen LogP contribution in [-0.2, 0) is 4.79 Å². The molecule has 0 heterocycles. The molecule has 0 aromatic heterocycles. The van der Waals surface area contributed by atoms with Crippen LogP contribution in [0, 0.1) is 11.3 Å². The normalized spacial score (nSPS) is 11.4. The minimum Gasteiger partial charge on any atom is -0.492 e. The van der Waals surface area contributed by atoms with Crippen molar-refractivity contribution in [2.24, 2.45) is 0 Å². The Morgan fingerprint density at radius 3 is 2.89 bits per heavy atom. The van der Waals surface area contributed by atoms with Gasteiger partial charge in [0.25, 0.3) is 0 Å². The quantitative estimate of drug-likeness (QED) is 0.781. The molecule has 1 aromatic carbocycles. The number of nitriles is 1. The largest absolute Gasteiger partial charge is 0.492 e. The smallest absolute Gasteiger partial charge is 0.221 e. The van der Waals surface area contributed by atoms with Crippen molar-refractivity contribution in [2.45, 2.75) is 32.2 Å². The molecule has 102 valence electrons. The molecule has 0 bridgehead atoms. The molecule has 19 heavy (non-hydrogen) atoms. The van der Waals surface area contributed by atoms with E-state index in [9.17, 15) is 4.79 Å². The Morgan fingerprint density at radius 1 is 1.53 bits per heavy atom. The molecule has 5 heteroatoms. The van der Waals surface area contributed by atoms with Gasteiger partial charge in [0.1, 0.15) is 11.8 Å². The second-order valence-electron chi connectivity index (χ2n) is 4.04. The summed E-state index contributed by atoms with van der Waals surface area (Å²) in [7, 11) is 0. The van der Waals surface area contributed by atoms with E-state index >= 15 is 0 Å². The highest BCUT2D eigenvalue weighted by molar-refractivity contribution is 6.32. The van der Waals surface area contributed by atoms with Gasteiger partial charge in [-0.15, -0.1) is 0 Å². The lowest BCUT2D eigenvalue weighted by molar-refractivity contribution is -0.121. The monoisotopic (exact) mass is 280 g/mol. The number of amides is 1. The predicted molar refractivity (Wildman–Crippen MR) is 74.0 cm³/mol. The van der Waals surface area contributed by atoms with Crippen LogP contribution in [0.4, 0.5) is 0 Å². The van der Waals surface area contributed by atoms with Gasteiger partial charge in [-0.2, -0.15) is 5.26 Å². The Bertz CT molecular complexity index is 457. The van der Waals surface area contributed by atoms with Crippen molar-refractivity contribution in [3.05, 3.63) is 29.3 Å². The van der Waals surface area contributed by atoms with Crippen LogP contribution in [0.2, 0.25) is 5.02 Å². The SMILES string of the molecule is CC[C@H](C#N)NC(=O)CCCOc1ccccc1Cl. The van der Waals surface area contributed by atoms with Gasteiger partial charge in [0.15, 0.2) is 0 Å². The van der Waals surface area contributed by atoms with Gasteiger partial charge >= 0.3 is 0 Å². The number of hydrogen-bond acceptors (Lipinski definition) is 3. The second-order valence-corrected chi connectivity index (χ2v) is 4.45. The molecule has 0 aliphatic heterocycles. The van der Waals surface area contributed by atoms with Crippen molar-refractivity contribution < 1.29 is 9.53 Å². The molecule has 0 spiro atoms. The highest BCUT2D eigenvalue weighted by Crippen LogP contribution is 2.23. The van der Waals surface area contributed by atoms with Gasteiger partial charge in [0.2, 0.25) is 5.91 Å². The third-order valence-electron chi connectivity index (χ3n) is 2.54. The number of rotatable bonds is 7. The Morgan fingerprint density at radius 2 is 2.26 bits per heavy atom. The molecule has 1 rings (SSSR count). The Labute approximate surface area is 118 Å². The molecule has 0 aliphatic rings. The first-order valence-electron chi connectivity index (χ1n) is 6.23. The van der Waals surface area contributed by atoms with Gasteiger partial charge in [0, 0.05) is 6.42 Å². The number of halogens is 1. The average Bonchev–Trinajstić information content (AvgIpc) is 2.42. The maximum atomic E-state index is 11.5. The maximum Gasteiger partial charge on any atom is 0.221 e. The van der Waals surface area contributed by atoms with E-state index < -0.39 is 6.04 Å². The third-order valence-corrected chi connectivity index (χ3v) is 2.85. The topological polar surface area (TPSA) is 62.1 Å². The van der Waals surface area contributed by atoms with E-state index in [1.54, 1.807) is 12.1 Å². The zero-order chi connectivity index (χ0) is 14.1. The summed E-state index contributed by atoms with van der Waals surface area (Å²) in [6.07, 6.45) is 1.53. The van der Waals surface area contributed by atoms with Crippen LogP contribution in [0.25, 0.3) is 0 Å². The lowest BCUT2D eigenvalue weighted by Crippen LogP contribution is -2.33. The summed E-state index contributed by atoms with van der Waals surface area (Å²) in [4.78, 5) is 11.5. The number of carbonyl (C=O) groups excluding carboxylic acids is 1. The standard InChI is InChI=1S/C14H17ClN2O2/c1-2-11(10-16)17-14(18)8-5-9-19-13-7-4-3-6-12(13)15/h3-4,6-7,11H,2,5,8-9H2,1H3,(H,17,18)/t11-/m1/s1. The van der Waals surface area contributed by atoms with E-state index in [0.717, 1.165) is 0 Å². The Kier molecular flexibility index (Phi) is 6.76.